The van der Waals surface area contributed by atoms with Gasteiger partial charge in [0.1, 0.15) is 11.6 Å². The van der Waals surface area contributed by atoms with Crippen LogP contribution in [0.1, 0.15) is 17.0 Å². The van der Waals surface area contributed by atoms with Gasteiger partial charge in [-0.1, -0.05) is 23.7 Å². The molecule has 0 spiro atoms. The van der Waals surface area contributed by atoms with Crippen LogP contribution in [0.25, 0.3) is 0 Å². The van der Waals surface area contributed by atoms with E-state index in [0.29, 0.717) is 10.6 Å². The van der Waals surface area contributed by atoms with E-state index in [1.54, 1.807) is 24.3 Å². The maximum atomic E-state index is 12.7. The molecule has 1 aliphatic rings. The third kappa shape index (κ3) is 2.20. The van der Waals surface area contributed by atoms with E-state index in [1.807, 2.05) is 6.07 Å². The Morgan fingerprint density at radius 1 is 1.29 bits per heavy atom. The number of aromatic nitrogens is 2. The highest BCUT2D eigenvalue weighted by atomic mass is 35.5. The molecule has 122 valence electrons. The summed E-state index contributed by atoms with van der Waals surface area (Å²) < 4.78 is 7.57. The van der Waals surface area contributed by atoms with Gasteiger partial charge in [-0.15, -0.1) is 0 Å². The molecule has 24 heavy (non-hydrogen) atoms. The predicted molar refractivity (Wildman–Crippen MR) is 87.7 cm³/mol. The van der Waals surface area contributed by atoms with Crippen LogP contribution in [0.3, 0.4) is 0 Å². The Hall–Kier alpha value is -2.98. The lowest BCUT2D eigenvalue weighted by Crippen LogP contribution is -2.42. The number of halogens is 1. The van der Waals surface area contributed by atoms with Gasteiger partial charge in [-0.25, -0.2) is 4.79 Å². The highest BCUT2D eigenvalue weighted by Gasteiger charge is 2.35. The fourth-order valence-electron chi connectivity index (χ4n) is 2.81. The van der Waals surface area contributed by atoms with Crippen LogP contribution in [-0.2, 0) is 14.1 Å². The average Bonchev–Trinajstić information content (AvgIpc) is 2.57. The molecule has 0 saturated heterocycles. The van der Waals surface area contributed by atoms with E-state index >= 15 is 0 Å². The van der Waals surface area contributed by atoms with Crippen LogP contribution >= 0.6 is 11.6 Å². The Balaban J connectivity index is 2.44. The summed E-state index contributed by atoms with van der Waals surface area (Å²) in [4.78, 5) is 24.8. The monoisotopic (exact) mass is 344 g/mol. The number of nitriles is 1. The zero-order chi connectivity index (χ0) is 17.6. The van der Waals surface area contributed by atoms with Gasteiger partial charge in [0.05, 0.1) is 11.5 Å². The van der Waals surface area contributed by atoms with E-state index in [-0.39, 0.29) is 22.9 Å². The van der Waals surface area contributed by atoms with Crippen molar-refractivity contribution in [3.63, 3.8) is 0 Å². The van der Waals surface area contributed by atoms with Gasteiger partial charge in [-0.2, -0.15) is 5.26 Å². The van der Waals surface area contributed by atoms with E-state index in [9.17, 15) is 14.9 Å². The lowest BCUT2D eigenvalue weighted by atomic mass is 9.85. The summed E-state index contributed by atoms with van der Waals surface area (Å²) >= 11 is 6.05. The first kappa shape index (κ1) is 15.9. The second kappa shape index (κ2) is 5.58. The number of benzene rings is 1. The number of nitrogens with zero attached hydrogens (tertiary/aromatic N) is 3. The van der Waals surface area contributed by atoms with Crippen LogP contribution in [0, 0.1) is 11.3 Å². The molecule has 2 aromatic rings. The van der Waals surface area contributed by atoms with Gasteiger partial charge in [-0.05, 0) is 17.7 Å². The smallest absolute Gasteiger partial charge is 0.333 e. The van der Waals surface area contributed by atoms with Crippen molar-refractivity contribution >= 4 is 11.6 Å². The average molecular weight is 345 g/mol. The quantitative estimate of drug-likeness (QED) is 0.829. The summed E-state index contributed by atoms with van der Waals surface area (Å²) in [7, 11) is 2.84. The number of rotatable bonds is 1. The summed E-state index contributed by atoms with van der Waals surface area (Å²) in [6, 6.07) is 8.78. The van der Waals surface area contributed by atoms with E-state index in [0.717, 1.165) is 4.57 Å². The molecule has 3 rings (SSSR count). The van der Waals surface area contributed by atoms with E-state index < -0.39 is 17.2 Å². The van der Waals surface area contributed by atoms with Crippen molar-refractivity contribution in [1.29, 1.82) is 5.26 Å². The molecule has 1 aliphatic heterocycles. The van der Waals surface area contributed by atoms with Gasteiger partial charge in [0, 0.05) is 19.1 Å². The van der Waals surface area contributed by atoms with Crippen molar-refractivity contribution < 1.29 is 4.74 Å². The number of hydrogen-bond acceptors (Lipinski definition) is 5. The third-order valence-corrected chi connectivity index (χ3v) is 4.23. The number of nitrogens with two attached hydrogens (primary N) is 1. The first-order chi connectivity index (χ1) is 11.4. The summed E-state index contributed by atoms with van der Waals surface area (Å²) in [6.07, 6.45) is 0. The van der Waals surface area contributed by atoms with E-state index in [4.69, 9.17) is 22.1 Å². The summed E-state index contributed by atoms with van der Waals surface area (Å²) in [6.45, 7) is 0. The predicted octanol–water partition coefficient (Wildman–Crippen LogP) is 0.956. The summed E-state index contributed by atoms with van der Waals surface area (Å²) in [5, 5.41) is 9.95. The second-order valence-corrected chi connectivity index (χ2v) is 5.84. The molecule has 2 heterocycles. The highest BCUT2D eigenvalue weighted by Crippen LogP contribution is 2.39. The van der Waals surface area contributed by atoms with Crippen molar-refractivity contribution in [3.8, 4) is 11.9 Å². The van der Waals surface area contributed by atoms with Gasteiger partial charge in [0.25, 0.3) is 5.56 Å². The summed E-state index contributed by atoms with van der Waals surface area (Å²) in [5.41, 5.74) is 5.65. The molecule has 0 fully saturated rings. The van der Waals surface area contributed by atoms with Crippen LogP contribution in [0.15, 0.2) is 45.3 Å². The first-order valence-electron chi connectivity index (χ1n) is 6.99. The van der Waals surface area contributed by atoms with Gasteiger partial charge in [0.2, 0.25) is 11.8 Å². The minimum absolute atomic E-state index is 0.0320. The van der Waals surface area contributed by atoms with E-state index in [1.165, 1.54) is 18.7 Å². The van der Waals surface area contributed by atoms with Crippen LogP contribution in [0.5, 0.6) is 5.88 Å². The molecule has 0 radical (unpaired) electrons. The Morgan fingerprint density at radius 2 is 2.00 bits per heavy atom. The molecule has 2 N–H and O–H groups in total. The lowest BCUT2D eigenvalue weighted by Gasteiger charge is -2.27. The molecular weight excluding hydrogens is 332 g/mol. The van der Waals surface area contributed by atoms with Gasteiger partial charge < -0.3 is 10.5 Å². The summed E-state index contributed by atoms with van der Waals surface area (Å²) in [5.74, 6) is -0.870. The zero-order valence-electron chi connectivity index (χ0n) is 12.9. The minimum atomic E-state index is -0.761. The SMILES string of the molecule is Cn1c2c(c(=O)n(C)c1=O)C(c1cccc(Cl)c1)C(C#N)=C(N)O2. The maximum Gasteiger partial charge on any atom is 0.333 e. The largest absolute Gasteiger partial charge is 0.423 e. The van der Waals surface area contributed by atoms with Crippen molar-refractivity contribution in [2.75, 3.05) is 0 Å². The molecule has 0 aliphatic carbocycles. The van der Waals surface area contributed by atoms with Crippen LogP contribution in [0.2, 0.25) is 5.02 Å². The molecule has 1 unspecified atom stereocenters. The minimum Gasteiger partial charge on any atom is -0.423 e. The third-order valence-electron chi connectivity index (χ3n) is 4.00. The topological polar surface area (TPSA) is 103 Å². The molecule has 1 atom stereocenters. The second-order valence-electron chi connectivity index (χ2n) is 5.40. The number of fused-ring (bicyclic) bond motifs is 1. The van der Waals surface area contributed by atoms with Crippen molar-refractivity contribution in [2.45, 2.75) is 5.92 Å². The Bertz CT molecular complexity index is 1040. The molecule has 1 aromatic heterocycles. The van der Waals surface area contributed by atoms with Crippen LogP contribution in [-0.4, -0.2) is 9.13 Å². The Morgan fingerprint density at radius 3 is 2.62 bits per heavy atom. The molecule has 0 bridgehead atoms. The Labute approximate surface area is 141 Å². The number of ether oxygens (including phenoxy) is 1. The molecule has 0 amide bonds. The first-order valence-corrected chi connectivity index (χ1v) is 7.37. The van der Waals surface area contributed by atoms with Gasteiger partial charge >= 0.3 is 5.69 Å². The number of allylic oxidation sites excluding steroid dienone is 1. The van der Waals surface area contributed by atoms with Crippen LogP contribution in [0.4, 0.5) is 0 Å². The van der Waals surface area contributed by atoms with Crippen molar-refractivity contribution in [1.82, 2.24) is 9.13 Å². The number of hydrogen-bond donors (Lipinski definition) is 1. The standard InChI is InChI=1S/C16H13ClN4O3/c1-20-14(22)12-11(8-4-3-5-9(17)6-8)10(7-18)13(19)24-15(12)21(2)16(20)23/h3-6,11H,19H2,1-2H3. The lowest BCUT2D eigenvalue weighted by molar-refractivity contribution is 0.348. The van der Waals surface area contributed by atoms with Gasteiger partial charge in [-0.3, -0.25) is 13.9 Å². The highest BCUT2D eigenvalue weighted by molar-refractivity contribution is 6.30. The van der Waals surface area contributed by atoms with Gasteiger partial charge in [0.15, 0.2) is 0 Å². The normalized spacial score (nSPS) is 16.3. The van der Waals surface area contributed by atoms with E-state index in [2.05, 4.69) is 0 Å². The molecule has 7 nitrogen and oxygen atoms in total. The molecule has 1 aromatic carbocycles. The Kier molecular flexibility index (Phi) is 3.70. The van der Waals surface area contributed by atoms with Crippen molar-refractivity contribution in [2.24, 2.45) is 19.8 Å². The fraction of sp³-hybridized carbons (Fsp3) is 0.188. The van der Waals surface area contributed by atoms with Crippen LogP contribution < -0.4 is 21.7 Å². The molecule has 0 saturated carbocycles. The maximum absolute atomic E-state index is 12.7. The van der Waals surface area contributed by atoms with Crippen molar-refractivity contribution in [3.05, 3.63) is 72.7 Å². The fourth-order valence-corrected chi connectivity index (χ4v) is 3.01. The zero-order valence-corrected chi connectivity index (χ0v) is 13.7. The molecular formula is C16H13ClN4O3. The molecule has 8 heteroatoms.